The molecule has 0 unspecified atom stereocenters. The van der Waals surface area contributed by atoms with Gasteiger partial charge < -0.3 is 5.32 Å². The third-order valence-electron chi connectivity index (χ3n) is 4.13. The fraction of sp³-hybridized carbons (Fsp3) is 0.533. The largest absolute Gasteiger partial charge is 0.418 e. The minimum Gasteiger partial charge on any atom is -0.325 e. The molecule has 1 aliphatic heterocycles. The van der Waals surface area contributed by atoms with Crippen molar-refractivity contribution in [2.75, 3.05) is 24.2 Å². The first-order valence-corrected chi connectivity index (χ1v) is 9.68. The zero-order valence-electron chi connectivity index (χ0n) is 13.4. The molecule has 1 aromatic rings. The van der Waals surface area contributed by atoms with E-state index in [4.69, 9.17) is 11.6 Å². The number of benzene rings is 1. The van der Waals surface area contributed by atoms with Crippen LogP contribution < -0.4 is 5.32 Å². The molecule has 1 heterocycles. The smallest absolute Gasteiger partial charge is 0.325 e. The topological polar surface area (TPSA) is 66.5 Å². The van der Waals surface area contributed by atoms with E-state index in [1.807, 2.05) is 0 Å². The van der Waals surface area contributed by atoms with E-state index in [-0.39, 0.29) is 42.4 Å². The highest BCUT2D eigenvalue weighted by molar-refractivity contribution is 7.89. The van der Waals surface area contributed by atoms with Crippen molar-refractivity contribution in [1.82, 2.24) is 4.31 Å². The highest BCUT2D eigenvalue weighted by Crippen LogP contribution is 2.37. The van der Waals surface area contributed by atoms with E-state index in [2.05, 4.69) is 5.32 Å². The number of hydrogen-bond acceptors (Lipinski definition) is 3. The molecular formula is C15H18ClF3N2O3S. The molecule has 1 amide bonds. The normalized spacial score (nSPS) is 17.5. The Bertz CT molecular complexity index is 745. The van der Waals surface area contributed by atoms with Crippen molar-refractivity contribution < 1.29 is 26.4 Å². The fourth-order valence-electron chi connectivity index (χ4n) is 2.67. The quantitative estimate of drug-likeness (QED) is 0.845. The summed E-state index contributed by atoms with van der Waals surface area (Å²) in [5, 5.41) is 2.22. The Morgan fingerprint density at radius 3 is 2.44 bits per heavy atom. The molecule has 0 atom stereocenters. The first kappa shape index (κ1) is 20.0. The second kappa shape index (κ2) is 7.51. The Labute approximate surface area is 149 Å². The number of piperidine rings is 1. The number of halogens is 4. The molecule has 140 valence electrons. The first-order chi connectivity index (χ1) is 11.5. The number of amides is 1. The molecule has 0 radical (unpaired) electrons. The number of anilines is 1. The Morgan fingerprint density at radius 1 is 1.32 bits per heavy atom. The van der Waals surface area contributed by atoms with Crippen molar-refractivity contribution >= 4 is 33.2 Å². The highest BCUT2D eigenvalue weighted by atomic mass is 35.5. The van der Waals surface area contributed by atoms with Gasteiger partial charge in [0, 0.05) is 24.0 Å². The summed E-state index contributed by atoms with van der Waals surface area (Å²) in [6.07, 6.45) is -4.12. The summed E-state index contributed by atoms with van der Waals surface area (Å²) in [5.41, 5.74) is -1.37. The molecule has 0 saturated carbocycles. The lowest BCUT2D eigenvalue weighted by Crippen LogP contribution is -2.42. The first-order valence-electron chi connectivity index (χ1n) is 7.70. The van der Waals surface area contributed by atoms with Crippen LogP contribution in [0.4, 0.5) is 18.9 Å². The van der Waals surface area contributed by atoms with Crippen molar-refractivity contribution in [1.29, 1.82) is 0 Å². The second-order valence-corrected chi connectivity index (χ2v) is 8.44. The van der Waals surface area contributed by atoms with Gasteiger partial charge in [-0.3, -0.25) is 4.79 Å². The van der Waals surface area contributed by atoms with Gasteiger partial charge in [0.25, 0.3) is 0 Å². The van der Waals surface area contributed by atoms with Crippen LogP contribution in [0, 0.1) is 5.92 Å². The molecular weight excluding hydrogens is 381 g/mol. The average molecular weight is 399 g/mol. The lowest BCUT2D eigenvalue weighted by atomic mass is 9.97. The van der Waals surface area contributed by atoms with Crippen molar-refractivity contribution in [2.24, 2.45) is 5.92 Å². The van der Waals surface area contributed by atoms with Gasteiger partial charge in [-0.05, 0) is 38.0 Å². The number of nitrogens with one attached hydrogen (secondary N) is 1. The van der Waals surface area contributed by atoms with E-state index >= 15 is 0 Å². The fourth-order valence-corrected chi connectivity index (χ4v) is 3.98. The number of carbonyl (C=O) groups excluding carboxylic acids is 1. The monoisotopic (exact) mass is 398 g/mol. The summed E-state index contributed by atoms with van der Waals surface area (Å²) in [4.78, 5) is 12.3. The zero-order chi connectivity index (χ0) is 18.8. The van der Waals surface area contributed by atoms with Gasteiger partial charge in [0.05, 0.1) is 17.0 Å². The summed E-state index contributed by atoms with van der Waals surface area (Å²) in [7, 11) is -3.32. The van der Waals surface area contributed by atoms with Crippen LogP contribution in [-0.4, -0.2) is 37.5 Å². The van der Waals surface area contributed by atoms with Gasteiger partial charge in [-0.15, -0.1) is 0 Å². The second-order valence-electron chi connectivity index (χ2n) is 5.75. The lowest BCUT2D eigenvalue weighted by molar-refractivity contribution is -0.137. The van der Waals surface area contributed by atoms with Crippen LogP contribution in [0.15, 0.2) is 18.2 Å². The molecule has 1 aromatic carbocycles. The van der Waals surface area contributed by atoms with Crippen LogP contribution in [0.5, 0.6) is 0 Å². The van der Waals surface area contributed by atoms with E-state index in [1.165, 1.54) is 17.3 Å². The summed E-state index contributed by atoms with van der Waals surface area (Å²) < 4.78 is 64.1. The maximum absolute atomic E-state index is 13.1. The van der Waals surface area contributed by atoms with Crippen molar-refractivity contribution in [3.63, 3.8) is 0 Å². The molecule has 1 aliphatic rings. The minimum atomic E-state index is -4.65. The summed E-state index contributed by atoms with van der Waals surface area (Å²) in [6, 6.07) is 3.14. The molecule has 5 nitrogen and oxygen atoms in total. The van der Waals surface area contributed by atoms with E-state index in [9.17, 15) is 26.4 Å². The van der Waals surface area contributed by atoms with E-state index in [1.54, 1.807) is 0 Å². The average Bonchev–Trinajstić information content (AvgIpc) is 2.55. The van der Waals surface area contributed by atoms with Crippen LogP contribution in [0.1, 0.15) is 25.3 Å². The number of alkyl halides is 3. The number of hydrogen-bond donors (Lipinski definition) is 1. The van der Waals surface area contributed by atoms with Gasteiger partial charge in [-0.25, -0.2) is 12.7 Å². The number of sulfonamides is 1. The molecule has 2 rings (SSSR count). The summed E-state index contributed by atoms with van der Waals surface area (Å²) >= 11 is 5.61. The van der Waals surface area contributed by atoms with Crippen LogP contribution in [0.25, 0.3) is 0 Å². The SMILES string of the molecule is CCS(=O)(=O)N1CCC(C(=O)Nc2ccc(Cl)cc2C(F)(F)F)CC1. The molecule has 0 aromatic heterocycles. The Kier molecular flexibility index (Phi) is 6.01. The van der Waals surface area contributed by atoms with Gasteiger partial charge >= 0.3 is 6.18 Å². The molecule has 1 N–H and O–H groups in total. The molecule has 0 aliphatic carbocycles. The number of rotatable bonds is 4. The van der Waals surface area contributed by atoms with Gasteiger partial charge in [0.2, 0.25) is 15.9 Å². The Morgan fingerprint density at radius 2 is 1.92 bits per heavy atom. The minimum absolute atomic E-state index is 0.0242. The summed E-state index contributed by atoms with van der Waals surface area (Å²) in [6.45, 7) is 1.90. The summed E-state index contributed by atoms with van der Waals surface area (Å²) in [5.74, 6) is -1.12. The maximum Gasteiger partial charge on any atom is 0.418 e. The number of carbonyl (C=O) groups is 1. The molecule has 1 saturated heterocycles. The van der Waals surface area contributed by atoms with E-state index in [0.29, 0.717) is 0 Å². The maximum atomic E-state index is 13.1. The van der Waals surface area contributed by atoms with Crippen molar-refractivity contribution in [3.8, 4) is 0 Å². The lowest BCUT2D eigenvalue weighted by Gasteiger charge is -2.30. The third-order valence-corrected chi connectivity index (χ3v) is 6.24. The van der Waals surface area contributed by atoms with Gasteiger partial charge in [0.1, 0.15) is 0 Å². The third kappa shape index (κ3) is 4.86. The van der Waals surface area contributed by atoms with Crippen LogP contribution in [0.3, 0.4) is 0 Å². The Hall–Kier alpha value is -1.32. The standard InChI is InChI=1S/C15H18ClF3N2O3S/c1-2-25(23,24)21-7-5-10(6-8-21)14(22)20-13-4-3-11(16)9-12(13)15(17,18)19/h3-4,9-10H,2,5-8H2,1H3,(H,20,22). The zero-order valence-corrected chi connectivity index (χ0v) is 15.0. The van der Waals surface area contributed by atoms with Crippen molar-refractivity contribution in [2.45, 2.75) is 25.9 Å². The van der Waals surface area contributed by atoms with Crippen molar-refractivity contribution in [3.05, 3.63) is 28.8 Å². The van der Waals surface area contributed by atoms with E-state index < -0.39 is 33.6 Å². The molecule has 0 spiro atoms. The van der Waals surface area contributed by atoms with E-state index in [0.717, 1.165) is 12.1 Å². The van der Waals surface area contributed by atoms with Gasteiger partial charge in [0.15, 0.2) is 0 Å². The number of nitrogens with zero attached hydrogens (tertiary/aromatic N) is 1. The molecule has 1 fully saturated rings. The van der Waals surface area contributed by atoms with Gasteiger partial charge in [-0.2, -0.15) is 13.2 Å². The predicted molar refractivity (Wildman–Crippen MR) is 88.8 cm³/mol. The predicted octanol–water partition coefficient (Wildman–Crippen LogP) is 3.36. The molecule has 25 heavy (non-hydrogen) atoms. The molecule has 0 bridgehead atoms. The van der Waals surface area contributed by atoms with Crippen LogP contribution >= 0.6 is 11.6 Å². The van der Waals surface area contributed by atoms with Gasteiger partial charge in [-0.1, -0.05) is 11.6 Å². The Balaban J connectivity index is 2.07. The van der Waals surface area contributed by atoms with Crippen LogP contribution in [-0.2, 0) is 21.0 Å². The molecule has 10 heteroatoms. The highest BCUT2D eigenvalue weighted by Gasteiger charge is 2.35. The van der Waals surface area contributed by atoms with Crippen LogP contribution in [0.2, 0.25) is 5.02 Å².